The van der Waals surface area contributed by atoms with E-state index in [1.54, 1.807) is 0 Å². The van der Waals surface area contributed by atoms with Crippen molar-refractivity contribution < 1.29 is 22.2 Å². The van der Waals surface area contributed by atoms with Crippen molar-refractivity contribution in [3.8, 4) is 0 Å². The Labute approximate surface area is 98.3 Å². The Bertz CT molecular complexity index is 338. The van der Waals surface area contributed by atoms with E-state index in [2.05, 4.69) is 9.46 Å². The molecule has 16 heavy (non-hydrogen) atoms. The molecule has 0 aliphatic heterocycles. The Morgan fingerprint density at radius 2 is 2.06 bits per heavy atom. The van der Waals surface area contributed by atoms with E-state index in [4.69, 9.17) is 0 Å². The van der Waals surface area contributed by atoms with Crippen molar-refractivity contribution in [1.82, 2.24) is 4.72 Å². The molecule has 0 saturated carbocycles. The van der Waals surface area contributed by atoms with Gasteiger partial charge in [0.15, 0.2) is 0 Å². The van der Waals surface area contributed by atoms with Gasteiger partial charge in [0.1, 0.15) is 0 Å². The maximum Gasteiger partial charge on any atom is 0.305 e. The molecule has 8 heteroatoms. The standard InChI is InChI=1S/C8H17NO5S2/c1-14-8(10)4-3-7-16(12,13)9-5-6-15(2)11/h9H,3-7H2,1-2H3. The second-order valence-corrected chi connectivity index (χ2v) is 6.65. The lowest BCUT2D eigenvalue weighted by Gasteiger charge is -2.05. The van der Waals surface area contributed by atoms with Crippen LogP contribution >= 0.6 is 0 Å². The SMILES string of the molecule is COC(=O)CCCS(=O)(=O)NCCS(C)=O. The number of sulfonamides is 1. The highest BCUT2D eigenvalue weighted by molar-refractivity contribution is 7.89. The summed E-state index contributed by atoms with van der Waals surface area (Å²) in [5, 5.41) is 0. The molecule has 0 aromatic rings. The monoisotopic (exact) mass is 271 g/mol. The van der Waals surface area contributed by atoms with Crippen molar-refractivity contribution in [3.63, 3.8) is 0 Å². The zero-order valence-electron chi connectivity index (χ0n) is 9.39. The second kappa shape index (κ2) is 7.75. The summed E-state index contributed by atoms with van der Waals surface area (Å²) >= 11 is 0. The molecule has 0 rings (SSSR count). The Balaban J connectivity index is 3.79. The molecule has 96 valence electrons. The number of carbonyl (C=O) groups excluding carboxylic acids is 1. The number of carbonyl (C=O) groups is 1. The van der Waals surface area contributed by atoms with Gasteiger partial charge in [0.05, 0.1) is 12.9 Å². The van der Waals surface area contributed by atoms with Crippen LogP contribution in [0.1, 0.15) is 12.8 Å². The fraction of sp³-hybridized carbons (Fsp3) is 0.875. The normalized spacial score (nSPS) is 13.4. The van der Waals surface area contributed by atoms with Gasteiger partial charge in [0, 0.05) is 35.8 Å². The van der Waals surface area contributed by atoms with Crippen LogP contribution in [0.5, 0.6) is 0 Å². The summed E-state index contributed by atoms with van der Waals surface area (Å²) in [7, 11) is -3.13. The molecule has 0 aromatic carbocycles. The molecule has 6 nitrogen and oxygen atoms in total. The largest absolute Gasteiger partial charge is 0.469 e. The first-order valence-corrected chi connectivity index (χ1v) is 8.09. The second-order valence-electron chi connectivity index (χ2n) is 3.17. The summed E-state index contributed by atoms with van der Waals surface area (Å²) < 4.78 is 40.0. The molecule has 0 saturated heterocycles. The molecule has 0 fully saturated rings. The molecular formula is C8H17NO5S2. The zero-order valence-corrected chi connectivity index (χ0v) is 11.0. The summed E-state index contributed by atoms with van der Waals surface area (Å²) in [4.78, 5) is 10.7. The summed E-state index contributed by atoms with van der Waals surface area (Å²) in [5.74, 6) is -0.265. The van der Waals surface area contributed by atoms with E-state index in [1.165, 1.54) is 13.4 Å². The van der Waals surface area contributed by atoms with Crippen molar-refractivity contribution in [2.75, 3.05) is 31.4 Å². The fourth-order valence-corrected chi connectivity index (χ4v) is 2.52. The number of methoxy groups -OCH3 is 1. The highest BCUT2D eigenvalue weighted by Crippen LogP contribution is 1.96. The van der Waals surface area contributed by atoms with Crippen LogP contribution in [-0.4, -0.2) is 50.0 Å². The van der Waals surface area contributed by atoms with E-state index < -0.39 is 26.8 Å². The van der Waals surface area contributed by atoms with Crippen LogP contribution in [0, 0.1) is 0 Å². The van der Waals surface area contributed by atoms with E-state index in [0.717, 1.165) is 0 Å². The Morgan fingerprint density at radius 1 is 1.44 bits per heavy atom. The average molecular weight is 271 g/mol. The first kappa shape index (κ1) is 15.5. The third-order valence-corrected chi connectivity index (χ3v) is 3.98. The van der Waals surface area contributed by atoms with Crippen LogP contribution in [-0.2, 0) is 30.4 Å². The predicted molar refractivity (Wildman–Crippen MR) is 62.0 cm³/mol. The minimum absolute atomic E-state index is 0.0805. The molecule has 0 radical (unpaired) electrons. The number of ether oxygens (including phenoxy) is 1. The smallest absolute Gasteiger partial charge is 0.305 e. The van der Waals surface area contributed by atoms with Crippen molar-refractivity contribution in [3.05, 3.63) is 0 Å². The molecule has 0 aliphatic rings. The third kappa shape index (κ3) is 8.81. The predicted octanol–water partition coefficient (Wildman–Crippen LogP) is -0.762. The number of hydrogen-bond acceptors (Lipinski definition) is 5. The molecule has 0 bridgehead atoms. The van der Waals surface area contributed by atoms with Crippen LogP contribution in [0.25, 0.3) is 0 Å². The number of esters is 1. The van der Waals surface area contributed by atoms with Gasteiger partial charge in [-0.1, -0.05) is 0 Å². The lowest BCUT2D eigenvalue weighted by atomic mass is 10.3. The van der Waals surface area contributed by atoms with Crippen LogP contribution in [0.4, 0.5) is 0 Å². The van der Waals surface area contributed by atoms with Gasteiger partial charge in [0.2, 0.25) is 10.0 Å². The minimum atomic E-state index is -3.37. The highest BCUT2D eigenvalue weighted by Gasteiger charge is 2.11. The van der Waals surface area contributed by atoms with Crippen molar-refractivity contribution in [2.24, 2.45) is 0 Å². The maximum absolute atomic E-state index is 11.3. The zero-order chi connectivity index (χ0) is 12.6. The molecule has 0 aliphatic carbocycles. The lowest BCUT2D eigenvalue weighted by Crippen LogP contribution is -2.30. The summed E-state index contributed by atoms with van der Waals surface area (Å²) in [6.45, 7) is 0.156. The van der Waals surface area contributed by atoms with Gasteiger partial charge < -0.3 is 4.74 Å². The van der Waals surface area contributed by atoms with Crippen molar-refractivity contribution in [2.45, 2.75) is 12.8 Å². The molecule has 0 amide bonds. The van der Waals surface area contributed by atoms with Gasteiger partial charge in [-0.15, -0.1) is 0 Å². The Morgan fingerprint density at radius 3 is 2.56 bits per heavy atom. The van der Waals surface area contributed by atoms with Gasteiger partial charge in [-0.05, 0) is 6.42 Å². The van der Waals surface area contributed by atoms with Gasteiger partial charge >= 0.3 is 5.97 Å². The van der Waals surface area contributed by atoms with Crippen LogP contribution < -0.4 is 4.72 Å². The quantitative estimate of drug-likeness (QED) is 0.586. The first-order valence-electron chi connectivity index (χ1n) is 4.71. The molecule has 0 heterocycles. The molecule has 0 spiro atoms. The van der Waals surface area contributed by atoms with Crippen LogP contribution in [0.2, 0.25) is 0 Å². The summed E-state index contributed by atoms with van der Waals surface area (Å²) in [6.07, 6.45) is 1.81. The number of rotatable bonds is 8. The van der Waals surface area contributed by atoms with E-state index in [0.29, 0.717) is 0 Å². The first-order chi connectivity index (χ1) is 7.37. The van der Waals surface area contributed by atoms with Gasteiger partial charge in [-0.25, -0.2) is 13.1 Å². The minimum Gasteiger partial charge on any atom is -0.469 e. The number of nitrogens with one attached hydrogen (secondary N) is 1. The molecule has 1 N–H and O–H groups in total. The van der Waals surface area contributed by atoms with E-state index >= 15 is 0 Å². The van der Waals surface area contributed by atoms with Gasteiger partial charge in [-0.3, -0.25) is 9.00 Å². The van der Waals surface area contributed by atoms with E-state index in [-0.39, 0.29) is 30.9 Å². The maximum atomic E-state index is 11.3. The third-order valence-electron chi connectivity index (χ3n) is 1.73. The summed E-state index contributed by atoms with van der Waals surface area (Å²) in [5.41, 5.74) is 0. The van der Waals surface area contributed by atoms with E-state index in [1.807, 2.05) is 0 Å². The fourth-order valence-electron chi connectivity index (χ4n) is 0.922. The Hall–Kier alpha value is -0.470. The highest BCUT2D eigenvalue weighted by atomic mass is 32.2. The molecule has 1 unspecified atom stereocenters. The molecule has 0 aromatic heterocycles. The lowest BCUT2D eigenvalue weighted by molar-refractivity contribution is -0.140. The van der Waals surface area contributed by atoms with Crippen molar-refractivity contribution >= 4 is 26.8 Å². The topological polar surface area (TPSA) is 89.5 Å². The molecule has 1 atom stereocenters. The molecular weight excluding hydrogens is 254 g/mol. The van der Waals surface area contributed by atoms with Crippen LogP contribution in [0.3, 0.4) is 0 Å². The Kier molecular flexibility index (Phi) is 7.52. The summed E-state index contributed by atoms with van der Waals surface area (Å²) in [6, 6.07) is 0. The van der Waals surface area contributed by atoms with Crippen LogP contribution in [0.15, 0.2) is 0 Å². The average Bonchev–Trinajstić information content (AvgIpc) is 2.16. The van der Waals surface area contributed by atoms with Gasteiger partial charge in [-0.2, -0.15) is 0 Å². The number of hydrogen-bond donors (Lipinski definition) is 1. The van der Waals surface area contributed by atoms with Crippen molar-refractivity contribution in [1.29, 1.82) is 0 Å². The van der Waals surface area contributed by atoms with E-state index in [9.17, 15) is 17.4 Å². The van der Waals surface area contributed by atoms with Gasteiger partial charge in [0.25, 0.3) is 0 Å².